The summed E-state index contributed by atoms with van der Waals surface area (Å²) < 4.78 is 4.95. The molecule has 0 spiro atoms. The Morgan fingerprint density at radius 3 is 2.93 bits per heavy atom. The van der Waals surface area contributed by atoms with Gasteiger partial charge in [0.1, 0.15) is 0 Å². The maximum Gasteiger partial charge on any atom is 0.410 e. The van der Waals surface area contributed by atoms with Crippen LogP contribution in [-0.4, -0.2) is 53.4 Å². The summed E-state index contributed by atoms with van der Waals surface area (Å²) >= 11 is 1.57. The smallest absolute Gasteiger partial charge is 0.410 e. The molecule has 2 unspecified atom stereocenters. The molecule has 1 fully saturated rings. The monoisotopic (exact) mass is 219 g/mol. The first kappa shape index (κ1) is 11.7. The largest absolute Gasteiger partial charge is 0.449 e. The molecule has 0 aromatic heterocycles. The fourth-order valence-electron chi connectivity index (χ4n) is 1.56. The van der Waals surface area contributed by atoms with E-state index in [9.17, 15) is 4.79 Å². The number of hydrogen-bond acceptors (Lipinski definition) is 4. The molecule has 0 aromatic carbocycles. The normalized spacial score (nSPS) is 21.6. The van der Waals surface area contributed by atoms with Gasteiger partial charge in [0.15, 0.2) is 0 Å². The van der Waals surface area contributed by atoms with Crippen molar-refractivity contribution in [1.82, 2.24) is 4.90 Å². The number of hydrogen-bond donors (Lipinski definition) is 1. The molecule has 1 aliphatic heterocycles. The maximum atomic E-state index is 11.4. The predicted octanol–water partition coefficient (Wildman–Crippen LogP) is 0.941. The molecule has 1 heterocycles. The molecule has 82 valence electrons. The van der Waals surface area contributed by atoms with Gasteiger partial charge in [-0.15, -0.1) is 0 Å². The Labute approximate surface area is 88.6 Å². The first-order valence-electron chi connectivity index (χ1n) is 4.77. The Balaban J connectivity index is 2.56. The van der Waals surface area contributed by atoms with Gasteiger partial charge in [0.2, 0.25) is 0 Å². The van der Waals surface area contributed by atoms with Crippen LogP contribution in [0.1, 0.15) is 13.3 Å². The molecule has 1 saturated heterocycles. The fraction of sp³-hybridized carbons (Fsp3) is 0.889. The van der Waals surface area contributed by atoms with Gasteiger partial charge in [-0.3, -0.25) is 0 Å². The molecular weight excluding hydrogens is 202 g/mol. The van der Waals surface area contributed by atoms with Crippen molar-refractivity contribution < 1.29 is 14.6 Å². The van der Waals surface area contributed by atoms with Crippen LogP contribution >= 0.6 is 11.8 Å². The second-order valence-corrected chi connectivity index (χ2v) is 4.44. The van der Waals surface area contributed by atoms with Crippen LogP contribution in [0.15, 0.2) is 0 Å². The summed E-state index contributed by atoms with van der Waals surface area (Å²) in [5.41, 5.74) is 0. The van der Waals surface area contributed by atoms with E-state index in [1.54, 1.807) is 16.7 Å². The van der Waals surface area contributed by atoms with Gasteiger partial charge in [-0.25, -0.2) is 4.79 Å². The molecular formula is C9H17NO3S. The van der Waals surface area contributed by atoms with Gasteiger partial charge in [0, 0.05) is 17.8 Å². The Bertz CT molecular complexity index is 196. The number of cyclic esters (lactones) is 1. The van der Waals surface area contributed by atoms with Gasteiger partial charge in [0.05, 0.1) is 13.2 Å². The number of ether oxygens (including phenoxy) is 1. The van der Waals surface area contributed by atoms with Gasteiger partial charge >= 0.3 is 6.09 Å². The number of aliphatic hydroxyl groups excluding tert-OH is 1. The van der Waals surface area contributed by atoms with Gasteiger partial charge in [-0.05, 0) is 19.6 Å². The molecule has 1 amide bonds. The van der Waals surface area contributed by atoms with Gasteiger partial charge in [0.25, 0.3) is 0 Å². The summed E-state index contributed by atoms with van der Waals surface area (Å²) in [7, 11) is 0. The number of thioether (sulfide) groups is 1. The average molecular weight is 219 g/mol. The zero-order valence-corrected chi connectivity index (χ0v) is 9.42. The van der Waals surface area contributed by atoms with E-state index in [1.807, 2.05) is 13.2 Å². The number of aliphatic hydroxyl groups is 1. The van der Waals surface area contributed by atoms with Gasteiger partial charge < -0.3 is 14.7 Å². The molecule has 1 rings (SSSR count). The molecule has 2 atom stereocenters. The second kappa shape index (κ2) is 5.46. The van der Waals surface area contributed by atoms with Crippen LogP contribution < -0.4 is 0 Å². The highest BCUT2D eigenvalue weighted by molar-refractivity contribution is 7.99. The zero-order valence-electron chi connectivity index (χ0n) is 8.60. The molecule has 0 saturated carbocycles. The first-order chi connectivity index (χ1) is 6.70. The van der Waals surface area contributed by atoms with Crippen molar-refractivity contribution in [3.63, 3.8) is 0 Å². The summed E-state index contributed by atoms with van der Waals surface area (Å²) in [5.74, 6) is 0. The van der Waals surface area contributed by atoms with E-state index in [2.05, 4.69) is 0 Å². The van der Waals surface area contributed by atoms with E-state index in [0.717, 1.165) is 13.0 Å². The third-order valence-electron chi connectivity index (χ3n) is 2.52. The van der Waals surface area contributed by atoms with Crippen LogP contribution in [-0.2, 0) is 4.74 Å². The predicted molar refractivity (Wildman–Crippen MR) is 56.5 cm³/mol. The third kappa shape index (κ3) is 2.54. The molecule has 0 aromatic rings. The first-order valence-corrected chi connectivity index (χ1v) is 6.06. The quantitative estimate of drug-likeness (QED) is 0.764. The van der Waals surface area contributed by atoms with Crippen LogP contribution in [0.4, 0.5) is 4.79 Å². The van der Waals surface area contributed by atoms with Crippen LogP contribution in [0.3, 0.4) is 0 Å². The topological polar surface area (TPSA) is 49.8 Å². The molecule has 4 nitrogen and oxygen atoms in total. The van der Waals surface area contributed by atoms with E-state index in [-0.39, 0.29) is 24.0 Å². The van der Waals surface area contributed by atoms with Crippen molar-refractivity contribution in [3.8, 4) is 0 Å². The zero-order chi connectivity index (χ0) is 10.6. The summed E-state index contributed by atoms with van der Waals surface area (Å²) in [6.45, 7) is 3.29. The van der Waals surface area contributed by atoms with E-state index < -0.39 is 0 Å². The van der Waals surface area contributed by atoms with E-state index >= 15 is 0 Å². The van der Waals surface area contributed by atoms with Crippen LogP contribution in [0.2, 0.25) is 0 Å². The molecule has 0 aliphatic carbocycles. The van der Waals surface area contributed by atoms with Crippen LogP contribution in [0.5, 0.6) is 0 Å². The average Bonchev–Trinajstić information content (AvgIpc) is 2.20. The number of rotatable bonds is 4. The Morgan fingerprint density at radius 2 is 2.43 bits per heavy atom. The van der Waals surface area contributed by atoms with Crippen molar-refractivity contribution in [3.05, 3.63) is 0 Å². The van der Waals surface area contributed by atoms with Crippen molar-refractivity contribution in [2.75, 3.05) is 26.0 Å². The Kier molecular flexibility index (Phi) is 4.54. The SMILES string of the molecule is CSC(CO)C(C)N1CCCOC1=O. The van der Waals surface area contributed by atoms with Gasteiger partial charge in [-0.1, -0.05) is 0 Å². The summed E-state index contributed by atoms with van der Waals surface area (Å²) in [6, 6.07) is 0.0304. The van der Waals surface area contributed by atoms with Crippen molar-refractivity contribution in [2.24, 2.45) is 0 Å². The molecule has 14 heavy (non-hydrogen) atoms. The number of nitrogens with zero attached hydrogens (tertiary/aromatic N) is 1. The molecule has 0 radical (unpaired) electrons. The molecule has 1 N–H and O–H groups in total. The van der Waals surface area contributed by atoms with Crippen LogP contribution in [0.25, 0.3) is 0 Å². The lowest BCUT2D eigenvalue weighted by Crippen LogP contribution is -2.48. The minimum Gasteiger partial charge on any atom is -0.449 e. The summed E-state index contributed by atoms with van der Waals surface area (Å²) in [6.07, 6.45) is 2.56. The maximum absolute atomic E-state index is 11.4. The lowest BCUT2D eigenvalue weighted by molar-refractivity contribution is 0.0547. The molecule has 0 bridgehead atoms. The Hall–Kier alpha value is -0.420. The molecule has 5 heteroatoms. The lowest BCUT2D eigenvalue weighted by Gasteiger charge is -2.35. The number of carbonyl (C=O) groups is 1. The standard InChI is InChI=1S/C9H17NO3S/c1-7(8(6-11)14-2)10-4-3-5-13-9(10)12/h7-8,11H,3-6H2,1-2H3. The number of carbonyl (C=O) groups excluding carboxylic acids is 1. The Morgan fingerprint density at radius 1 is 1.71 bits per heavy atom. The van der Waals surface area contributed by atoms with E-state index in [4.69, 9.17) is 9.84 Å². The lowest BCUT2D eigenvalue weighted by atomic mass is 10.2. The second-order valence-electron chi connectivity index (χ2n) is 3.36. The number of amides is 1. The van der Waals surface area contributed by atoms with Crippen molar-refractivity contribution in [1.29, 1.82) is 0 Å². The highest BCUT2D eigenvalue weighted by atomic mass is 32.2. The molecule has 1 aliphatic rings. The fourth-order valence-corrected chi connectivity index (χ4v) is 2.25. The highest BCUT2D eigenvalue weighted by Crippen LogP contribution is 2.19. The van der Waals surface area contributed by atoms with Gasteiger partial charge in [-0.2, -0.15) is 11.8 Å². The summed E-state index contributed by atoms with van der Waals surface area (Å²) in [4.78, 5) is 13.1. The summed E-state index contributed by atoms with van der Waals surface area (Å²) in [5, 5.41) is 9.18. The van der Waals surface area contributed by atoms with Crippen molar-refractivity contribution >= 4 is 17.9 Å². The van der Waals surface area contributed by atoms with Crippen molar-refractivity contribution in [2.45, 2.75) is 24.6 Å². The van der Waals surface area contributed by atoms with E-state index in [1.165, 1.54) is 0 Å². The highest BCUT2D eigenvalue weighted by Gasteiger charge is 2.29. The minimum atomic E-state index is -0.253. The van der Waals surface area contributed by atoms with E-state index in [0.29, 0.717) is 6.61 Å². The van der Waals surface area contributed by atoms with Crippen LogP contribution in [0, 0.1) is 0 Å². The minimum absolute atomic E-state index is 0.0304. The third-order valence-corrected chi connectivity index (χ3v) is 3.66.